The first-order valence-corrected chi connectivity index (χ1v) is 13.3. The van der Waals surface area contributed by atoms with Gasteiger partial charge in [0.15, 0.2) is 0 Å². The maximum atomic E-state index is 6.19. The number of ether oxygens (including phenoxy) is 1. The van der Waals surface area contributed by atoms with Gasteiger partial charge in [0.2, 0.25) is 0 Å². The van der Waals surface area contributed by atoms with Crippen molar-refractivity contribution in [3.05, 3.63) is 59.2 Å². The van der Waals surface area contributed by atoms with Crippen molar-refractivity contribution in [1.82, 2.24) is 29.7 Å². The van der Waals surface area contributed by atoms with Crippen molar-refractivity contribution >= 4 is 49.8 Å². The summed E-state index contributed by atoms with van der Waals surface area (Å²) in [6.07, 6.45) is 8.29. The average molecular weight is 535 g/mol. The number of H-pyrrole nitrogens is 1. The van der Waals surface area contributed by atoms with E-state index in [2.05, 4.69) is 42.2 Å². The summed E-state index contributed by atoms with van der Waals surface area (Å²) in [6.45, 7) is 2.90. The van der Waals surface area contributed by atoms with Crippen LogP contribution in [-0.2, 0) is 6.54 Å². The number of hydrogen-bond acceptors (Lipinski definition) is 6. The highest BCUT2D eigenvalue weighted by molar-refractivity contribution is 9.10. The van der Waals surface area contributed by atoms with Crippen LogP contribution < -0.4 is 4.74 Å². The molecule has 0 spiro atoms. The van der Waals surface area contributed by atoms with Gasteiger partial charge >= 0.3 is 0 Å². The quantitative estimate of drug-likeness (QED) is 0.282. The Balaban J connectivity index is 1.28. The number of nitrogens with zero attached hydrogens (tertiary/aromatic N) is 5. The molecule has 1 fully saturated rings. The molecule has 0 saturated carbocycles. The molecule has 1 aliphatic heterocycles. The minimum atomic E-state index is 0.681. The van der Waals surface area contributed by atoms with Crippen LogP contribution in [0.25, 0.3) is 33.3 Å². The molecule has 0 bridgehead atoms. The number of halogens is 1. The third kappa shape index (κ3) is 4.30. The van der Waals surface area contributed by atoms with Gasteiger partial charge in [0.05, 0.1) is 39.1 Å². The van der Waals surface area contributed by atoms with E-state index >= 15 is 0 Å². The number of rotatable bonds is 5. The number of aromatic nitrogens is 6. The zero-order chi connectivity index (χ0) is 23.1. The van der Waals surface area contributed by atoms with Crippen LogP contribution in [0.1, 0.15) is 18.7 Å². The summed E-state index contributed by atoms with van der Waals surface area (Å²) < 4.78 is 9.00. The second-order valence-corrected chi connectivity index (χ2v) is 10.6. The third-order valence-electron chi connectivity index (χ3n) is 6.13. The largest absolute Gasteiger partial charge is 0.456 e. The Kier molecular flexibility index (Phi) is 5.74. The van der Waals surface area contributed by atoms with Crippen LogP contribution in [0.2, 0.25) is 0 Å². The number of thioether (sulfide) groups is 1. The molecule has 0 aliphatic carbocycles. The Hall–Kier alpha value is -2.91. The zero-order valence-electron chi connectivity index (χ0n) is 18.7. The number of hydrogen-bond donors (Lipinski definition) is 1. The van der Waals surface area contributed by atoms with Gasteiger partial charge in [-0.1, -0.05) is 0 Å². The first kappa shape index (κ1) is 21.6. The molecule has 9 heteroatoms. The van der Waals surface area contributed by atoms with Crippen LogP contribution in [0.5, 0.6) is 11.5 Å². The molecule has 34 heavy (non-hydrogen) atoms. The lowest BCUT2D eigenvalue weighted by Crippen LogP contribution is -2.16. The summed E-state index contributed by atoms with van der Waals surface area (Å²) in [5, 5.41) is 4.59. The Morgan fingerprint density at radius 1 is 1.12 bits per heavy atom. The molecule has 1 saturated heterocycles. The minimum absolute atomic E-state index is 0.681. The summed E-state index contributed by atoms with van der Waals surface area (Å²) in [6, 6.07) is 9.65. The summed E-state index contributed by atoms with van der Waals surface area (Å²) in [5.74, 6) is 5.49. The molecule has 1 aliphatic rings. The van der Waals surface area contributed by atoms with E-state index in [-0.39, 0.29) is 0 Å². The van der Waals surface area contributed by atoms with Gasteiger partial charge in [-0.05, 0) is 77.4 Å². The molecular weight excluding hydrogens is 512 g/mol. The van der Waals surface area contributed by atoms with Crippen molar-refractivity contribution in [2.24, 2.45) is 5.92 Å². The maximum Gasteiger partial charge on any atom is 0.143 e. The molecule has 3 aromatic heterocycles. The third-order valence-corrected chi connectivity index (χ3v) is 7.95. The SMILES string of the molecule is Cc1nc2ccc(Oc3ccc4ncc(-c5cnn(CC6CCSCC6)c5)nc4c3Br)cc2[nH]1. The van der Waals surface area contributed by atoms with E-state index in [9.17, 15) is 0 Å². The van der Waals surface area contributed by atoms with Crippen molar-refractivity contribution in [3.63, 3.8) is 0 Å². The highest BCUT2D eigenvalue weighted by Crippen LogP contribution is 2.36. The smallest absolute Gasteiger partial charge is 0.143 e. The Morgan fingerprint density at radius 3 is 2.85 bits per heavy atom. The van der Waals surface area contributed by atoms with Crippen LogP contribution in [0, 0.1) is 12.8 Å². The fourth-order valence-electron chi connectivity index (χ4n) is 4.34. The molecule has 5 aromatic rings. The molecule has 4 heterocycles. The summed E-state index contributed by atoms with van der Waals surface area (Å²) in [4.78, 5) is 17.2. The van der Waals surface area contributed by atoms with Crippen molar-refractivity contribution < 1.29 is 4.74 Å². The van der Waals surface area contributed by atoms with Crippen LogP contribution >= 0.6 is 27.7 Å². The molecule has 172 valence electrons. The van der Waals surface area contributed by atoms with E-state index < -0.39 is 0 Å². The average Bonchev–Trinajstić information content (AvgIpc) is 3.47. The van der Waals surface area contributed by atoms with E-state index in [0.29, 0.717) is 11.7 Å². The molecule has 0 amide bonds. The van der Waals surface area contributed by atoms with Gasteiger partial charge in [0.1, 0.15) is 22.8 Å². The van der Waals surface area contributed by atoms with E-state index in [4.69, 9.17) is 9.72 Å². The Bertz CT molecular complexity index is 1490. The molecule has 1 N–H and O–H groups in total. The standard InChI is InChI=1S/C25H23BrN6OS/c1-15-29-19-3-2-18(10-21(19)30-15)33-23-5-4-20-25(24(23)26)31-22(12-27-20)17-11-28-32(14-17)13-16-6-8-34-9-7-16/h2-5,10-12,14,16H,6-9,13H2,1H3,(H,29,30). The highest BCUT2D eigenvalue weighted by atomic mass is 79.9. The van der Waals surface area contributed by atoms with Gasteiger partial charge in [-0.25, -0.2) is 9.97 Å². The minimum Gasteiger partial charge on any atom is -0.456 e. The molecule has 7 nitrogen and oxygen atoms in total. The van der Waals surface area contributed by atoms with Crippen LogP contribution in [0.3, 0.4) is 0 Å². The number of fused-ring (bicyclic) bond motifs is 2. The predicted octanol–water partition coefficient (Wildman–Crippen LogP) is 6.38. The highest BCUT2D eigenvalue weighted by Gasteiger charge is 2.16. The molecule has 6 rings (SSSR count). The fourth-order valence-corrected chi connectivity index (χ4v) is 6.05. The van der Waals surface area contributed by atoms with Crippen molar-refractivity contribution in [2.45, 2.75) is 26.3 Å². The van der Waals surface area contributed by atoms with E-state index in [0.717, 1.165) is 55.9 Å². The van der Waals surface area contributed by atoms with Crippen molar-refractivity contribution in [1.29, 1.82) is 0 Å². The normalized spacial score (nSPS) is 14.8. The first-order chi connectivity index (χ1) is 16.6. The van der Waals surface area contributed by atoms with Gasteiger partial charge in [-0.15, -0.1) is 0 Å². The van der Waals surface area contributed by atoms with E-state index in [1.165, 1.54) is 24.3 Å². The monoisotopic (exact) mass is 534 g/mol. The summed E-state index contributed by atoms with van der Waals surface area (Å²) >= 11 is 5.75. The second-order valence-electron chi connectivity index (χ2n) is 8.61. The molecular formula is C25H23BrN6OS. The molecule has 0 unspecified atom stereocenters. The zero-order valence-corrected chi connectivity index (χ0v) is 21.1. The van der Waals surface area contributed by atoms with Crippen molar-refractivity contribution in [3.8, 4) is 22.8 Å². The second kappa shape index (κ2) is 9.03. The van der Waals surface area contributed by atoms with Gasteiger partial charge in [-0.3, -0.25) is 9.67 Å². The van der Waals surface area contributed by atoms with Crippen LogP contribution in [0.4, 0.5) is 0 Å². The lowest BCUT2D eigenvalue weighted by atomic mass is 10.0. The van der Waals surface area contributed by atoms with Gasteiger partial charge in [0, 0.05) is 24.4 Å². The summed E-state index contributed by atoms with van der Waals surface area (Å²) in [7, 11) is 0. The molecule has 2 aromatic carbocycles. The maximum absolute atomic E-state index is 6.19. The lowest BCUT2D eigenvalue weighted by Gasteiger charge is -2.20. The number of aryl methyl sites for hydroxylation is 1. The van der Waals surface area contributed by atoms with E-state index in [1.54, 1.807) is 0 Å². The van der Waals surface area contributed by atoms with Gasteiger partial charge in [-0.2, -0.15) is 16.9 Å². The van der Waals surface area contributed by atoms with Gasteiger partial charge < -0.3 is 9.72 Å². The predicted molar refractivity (Wildman–Crippen MR) is 139 cm³/mol. The first-order valence-electron chi connectivity index (χ1n) is 11.3. The number of benzene rings is 2. The van der Waals surface area contributed by atoms with Crippen LogP contribution in [-0.4, -0.2) is 41.2 Å². The lowest BCUT2D eigenvalue weighted by molar-refractivity contribution is 0.394. The van der Waals surface area contributed by atoms with Crippen LogP contribution in [0.15, 0.2) is 53.4 Å². The number of aromatic amines is 1. The number of nitrogens with one attached hydrogen (secondary N) is 1. The summed E-state index contributed by atoms with van der Waals surface area (Å²) in [5.41, 5.74) is 5.18. The topological polar surface area (TPSA) is 81.5 Å². The Morgan fingerprint density at radius 2 is 1.97 bits per heavy atom. The number of imidazole rings is 1. The fraction of sp³-hybridized carbons (Fsp3) is 0.280. The van der Waals surface area contributed by atoms with Crippen molar-refractivity contribution in [2.75, 3.05) is 11.5 Å². The molecule has 0 radical (unpaired) electrons. The Labute approximate surface area is 209 Å². The van der Waals surface area contributed by atoms with Gasteiger partial charge in [0.25, 0.3) is 0 Å². The van der Waals surface area contributed by atoms with E-state index in [1.807, 2.05) is 66.1 Å². The molecule has 0 atom stereocenters.